The second kappa shape index (κ2) is 7.03. The lowest BCUT2D eigenvalue weighted by Crippen LogP contribution is -2.22. The summed E-state index contributed by atoms with van der Waals surface area (Å²) in [5, 5.41) is 3.43. The predicted molar refractivity (Wildman–Crippen MR) is 96.0 cm³/mol. The van der Waals surface area contributed by atoms with Crippen molar-refractivity contribution in [2.24, 2.45) is 0 Å². The zero-order chi connectivity index (χ0) is 17.1. The van der Waals surface area contributed by atoms with Crippen LogP contribution < -0.4 is 10.1 Å². The number of aromatic nitrogens is 2. The van der Waals surface area contributed by atoms with Crippen LogP contribution in [-0.4, -0.2) is 15.3 Å². The van der Waals surface area contributed by atoms with Crippen LogP contribution in [0.1, 0.15) is 40.5 Å². The first-order chi connectivity index (χ1) is 12.3. The van der Waals surface area contributed by atoms with E-state index in [-0.39, 0.29) is 5.91 Å². The third-order valence-electron chi connectivity index (χ3n) is 3.96. The minimum atomic E-state index is -0.134. The summed E-state index contributed by atoms with van der Waals surface area (Å²) >= 11 is 1.25. The fourth-order valence-electron chi connectivity index (χ4n) is 2.45. The molecule has 1 heterocycles. The topological polar surface area (TPSA) is 64.1 Å². The number of nitrogens with zero attached hydrogens (tertiary/aromatic N) is 2. The van der Waals surface area contributed by atoms with Gasteiger partial charge in [0.1, 0.15) is 11.6 Å². The smallest absolute Gasteiger partial charge is 0.298 e. The van der Waals surface area contributed by atoms with Gasteiger partial charge < -0.3 is 10.1 Å². The van der Waals surface area contributed by atoms with Crippen molar-refractivity contribution in [2.45, 2.75) is 25.3 Å². The Bertz CT molecular complexity index is 875. The minimum Gasteiger partial charge on any atom is -0.430 e. The van der Waals surface area contributed by atoms with Crippen LogP contribution in [0.3, 0.4) is 0 Å². The monoisotopic (exact) mass is 351 g/mol. The lowest BCUT2D eigenvalue weighted by Gasteiger charge is -2.07. The quantitative estimate of drug-likeness (QED) is 0.725. The number of amides is 1. The lowest BCUT2D eigenvalue weighted by molar-refractivity contribution is 0.0950. The molecule has 1 N–H and O–H groups in total. The molecule has 0 radical (unpaired) electrons. The molecule has 1 aliphatic carbocycles. The largest absolute Gasteiger partial charge is 0.430 e. The Labute approximate surface area is 149 Å². The molecule has 126 valence electrons. The Balaban J connectivity index is 1.40. The van der Waals surface area contributed by atoms with E-state index in [0.717, 1.165) is 24.2 Å². The van der Waals surface area contributed by atoms with Crippen LogP contribution in [0.4, 0.5) is 0 Å². The van der Waals surface area contributed by atoms with Crippen LogP contribution in [-0.2, 0) is 6.54 Å². The van der Waals surface area contributed by atoms with Gasteiger partial charge in [0.05, 0.1) is 0 Å². The average Bonchev–Trinajstić information content (AvgIpc) is 3.40. The molecule has 3 aromatic rings. The maximum atomic E-state index is 12.3. The van der Waals surface area contributed by atoms with Crippen molar-refractivity contribution >= 4 is 17.4 Å². The van der Waals surface area contributed by atoms with Gasteiger partial charge in [-0.2, -0.15) is 9.36 Å². The number of carbonyl (C=O) groups is 1. The molecule has 1 saturated carbocycles. The van der Waals surface area contributed by atoms with Crippen molar-refractivity contribution < 1.29 is 9.53 Å². The Morgan fingerprint density at radius 3 is 2.80 bits per heavy atom. The number of hydrogen-bond donors (Lipinski definition) is 1. The molecule has 0 saturated heterocycles. The molecular weight excluding hydrogens is 334 g/mol. The van der Waals surface area contributed by atoms with E-state index in [4.69, 9.17) is 4.74 Å². The maximum Gasteiger partial charge on any atom is 0.298 e. The van der Waals surface area contributed by atoms with E-state index in [0.29, 0.717) is 29.0 Å². The van der Waals surface area contributed by atoms with Gasteiger partial charge in [0, 0.05) is 29.6 Å². The molecule has 1 fully saturated rings. The molecule has 0 aliphatic heterocycles. The van der Waals surface area contributed by atoms with Gasteiger partial charge in [-0.15, -0.1) is 0 Å². The summed E-state index contributed by atoms with van der Waals surface area (Å²) in [5.74, 6) is 1.83. The van der Waals surface area contributed by atoms with E-state index in [1.807, 2.05) is 36.4 Å². The number of benzene rings is 2. The van der Waals surface area contributed by atoms with E-state index in [2.05, 4.69) is 14.7 Å². The average molecular weight is 351 g/mol. The predicted octanol–water partition coefficient (Wildman–Crippen LogP) is 4.14. The molecule has 0 bridgehead atoms. The summed E-state index contributed by atoms with van der Waals surface area (Å²) < 4.78 is 10.1. The highest BCUT2D eigenvalue weighted by atomic mass is 32.1. The van der Waals surface area contributed by atoms with Gasteiger partial charge in [-0.05, 0) is 36.6 Å². The number of rotatable bonds is 6. The minimum absolute atomic E-state index is 0.134. The van der Waals surface area contributed by atoms with E-state index < -0.39 is 0 Å². The maximum absolute atomic E-state index is 12.3. The van der Waals surface area contributed by atoms with Crippen molar-refractivity contribution in [3.05, 3.63) is 71.5 Å². The molecule has 0 atom stereocenters. The normalized spacial score (nSPS) is 13.4. The van der Waals surface area contributed by atoms with Gasteiger partial charge in [-0.3, -0.25) is 4.79 Å². The standard InChI is InChI=1S/C19H17N3O2S/c23-18(20-12-13-5-2-1-3-6-13)15-7-4-8-16(11-15)24-19-21-17(22-25-19)14-9-10-14/h1-8,11,14H,9-10,12H2,(H,20,23). The van der Waals surface area contributed by atoms with Crippen molar-refractivity contribution in [3.8, 4) is 10.9 Å². The first-order valence-corrected chi connectivity index (χ1v) is 8.99. The van der Waals surface area contributed by atoms with Gasteiger partial charge in [0.15, 0.2) is 0 Å². The molecule has 0 spiro atoms. The Morgan fingerprint density at radius 2 is 2.00 bits per heavy atom. The highest BCUT2D eigenvalue weighted by Gasteiger charge is 2.28. The molecule has 0 unspecified atom stereocenters. The third kappa shape index (κ3) is 4.03. The fourth-order valence-corrected chi connectivity index (χ4v) is 3.08. The summed E-state index contributed by atoms with van der Waals surface area (Å²) in [6, 6.07) is 16.9. The van der Waals surface area contributed by atoms with E-state index in [9.17, 15) is 4.79 Å². The van der Waals surface area contributed by atoms with E-state index in [1.165, 1.54) is 11.5 Å². The molecule has 1 aromatic heterocycles. The summed E-state index contributed by atoms with van der Waals surface area (Å²) in [4.78, 5) is 16.7. The molecule has 2 aromatic carbocycles. The van der Waals surface area contributed by atoms with E-state index >= 15 is 0 Å². The summed E-state index contributed by atoms with van der Waals surface area (Å²) in [5.41, 5.74) is 1.62. The summed E-state index contributed by atoms with van der Waals surface area (Å²) in [6.07, 6.45) is 2.32. The number of nitrogens with one attached hydrogen (secondary N) is 1. The van der Waals surface area contributed by atoms with Crippen LogP contribution in [0, 0.1) is 0 Å². The van der Waals surface area contributed by atoms with Crippen molar-refractivity contribution in [1.82, 2.24) is 14.7 Å². The van der Waals surface area contributed by atoms with Crippen LogP contribution >= 0.6 is 11.5 Å². The highest BCUT2D eigenvalue weighted by Crippen LogP contribution is 2.40. The van der Waals surface area contributed by atoms with Crippen molar-refractivity contribution in [1.29, 1.82) is 0 Å². The molecule has 4 rings (SSSR count). The Morgan fingerprint density at radius 1 is 1.16 bits per heavy atom. The molecule has 25 heavy (non-hydrogen) atoms. The third-order valence-corrected chi connectivity index (χ3v) is 4.57. The van der Waals surface area contributed by atoms with Gasteiger partial charge in [0.25, 0.3) is 11.1 Å². The summed E-state index contributed by atoms with van der Waals surface area (Å²) in [6.45, 7) is 0.492. The van der Waals surface area contributed by atoms with Crippen LogP contribution in [0.5, 0.6) is 10.9 Å². The van der Waals surface area contributed by atoms with Gasteiger partial charge in [-0.1, -0.05) is 36.4 Å². The molecule has 1 aliphatic rings. The lowest BCUT2D eigenvalue weighted by atomic mass is 10.2. The summed E-state index contributed by atoms with van der Waals surface area (Å²) in [7, 11) is 0. The molecule has 5 nitrogen and oxygen atoms in total. The number of carbonyl (C=O) groups excluding carboxylic acids is 1. The van der Waals surface area contributed by atoms with Gasteiger partial charge >= 0.3 is 0 Å². The van der Waals surface area contributed by atoms with Crippen molar-refractivity contribution in [3.63, 3.8) is 0 Å². The Kier molecular flexibility index (Phi) is 4.43. The van der Waals surface area contributed by atoms with Crippen LogP contribution in [0.25, 0.3) is 0 Å². The first-order valence-electron chi connectivity index (χ1n) is 8.21. The fraction of sp³-hybridized carbons (Fsp3) is 0.211. The SMILES string of the molecule is O=C(NCc1ccccc1)c1cccc(Oc2nc(C3CC3)ns2)c1. The second-order valence-corrected chi connectivity index (χ2v) is 6.71. The highest BCUT2D eigenvalue weighted by molar-refractivity contribution is 7.07. The molecule has 1 amide bonds. The van der Waals surface area contributed by atoms with Crippen molar-refractivity contribution in [2.75, 3.05) is 0 Å². The number of ether oxygens (including phenoxy) is 1. The zero-order valence-corrected chi connectivity index (χ0v) is 14.3. The van der Waals surface area contributed by atoms with Crippen LogP contribution in [0.15, 0.2) is 54.6 Å². The van der Waals surface area contributed by atoms with Crippen LogP contribution in [0.2, 0.25) is 0 Å². The Hall–Kier alpha value is -2.73. The van der Waals surface area contributed by atoms with Gasteiger partial charge in [0.2, 0.25) is 0 Å². The zero-order valence-electron chi connectivity index (χ0n) is 13.5. The molecule has 6 heteroatoms. The van der Waals surface area contributed by atoms with E-state index in [1.54, 1.807) is 18.2 Å². The molecular formula is C19H17N3O2S. The second-order valence-electron chi connectivity index (χ2n) is 5.99. The number of hydrogen-bond acceptors (Lipinski definition) is 5. The van der Waals surface area contributed by atoms with Gasteiger partial charge in [-0.25, -0.2) is 0 Å². The first kappa shape index (κ1) is 15.8.